The average molecular weight is 237 g/mol. The third-order valence-corrected chi connectivity index (χ3v) is 2.34. The van der Waals surface area contributed by atoms with Gasteiger partial charge in [0.05, 0.1) is 19.3 Å². The van der Waals surface area contributed by atoms with Gasteiger partial charge in [-0.2, -0.15) is 0 Å². The first-order valence-electron chi connectivity index (χ1n) is 5.15. The molecule has 0 aliphatic heterocycles. The first kappa shape index (κ1) is 13.2. The van der Waals surface area contributed by atoms with E-state index in [2.05, 4.69) is 4.74 Å². The maximum absolute atomic E-state index is 11.8. The first-order valence-corrected chi connectivity index (χ1v) is 5.15. The summed E-state index contributed by atoms with van der Waals surface area (Å²) in [6, 6.07) is 6.18. The van der Waals surface area contributed by atoms with E-state index >= 15 is 0 Å². The molecule has 0 spiro atoms. The Labute approximate surface area is 99.6 Å². The SMILES string of the molecule is COC(=O)c1ccc(C(=O)N(C)CCO)cc1. The van der Waals surface area contributed by atoms with Gasteiger partial charge in [0.1, 0.15) is 0 Å². The molecule has 0 radical (unpaired) electrons. The van der Waals surface area contributed by atoms with Crippen LogP contribution in [0.25, 0.3) is 0 Å². The molecule has 0 aliphatic rings. The van der Waals surface area contributed by atoms with E-state index in [0.717, 1.165) is 0 Å². The number of ether oxygens (including phenoxy) is 1. The molecule has 1 N–H and O–H groups in total. The summed E-state index contributed by atoms with van der Waals surface area (Å²) in [4.78, 5) is 24.4. The first-order chi connectivity index (χ1) is 8.10. The van der Waals surface area contributed by atoms with Crippen molar-refractivity contribution < 1.29 is 19.4 Å². The Morgan fingerprint density at radius 1 is 1.24 bits per heavy atom. The fourth-order valence-electron chi connectivity index (χ4n) is 1.34. The number of aliphatic hydroxyl groups is 1. The Hall–Kier alpha value is -1.88. The number of hydrogen-bond donors (Lipinski definition) is 1. The van der Waals surface area contributed by atoms with Crippen LogP contribution >= 0.6 is 0 Å². The van der Waals surface area contributed by atoms with Crippen LogP contribution in [0.1, 0.15) is 20.7 Å². The van der Waals surface area contributed by atoms with E-state index < -0.39 is 5.97 Å². The molecular formula is C12H15NO4. The molecule has 5 nitrogen and oxygen atoms in total. The summed E-state index contributed by atoms with van der Waals surface area (Å²) in [5.74, 6) is -0.636. The Morgan fingerprint density at radius 2 is 1.76 bits per heavy atom. The Morgan fingerprint density at radius 3 is 2.24 bits per heavy atom. The van der Waals surface area contributed by atoms with Crippen LogP contribution in [0.4, 0.5) is 0 Å². The number of aliphatic hydroxyl groups excluding tert-OH is 1. The molecule has 1 amide bonds. The van der Waals surface area contributed by atoms with E-state index in [1.54, 1.807) is 19.2 Å². The fourth-order valence-corrected chi connectivity index (χ4v) is 1.34. The monoisotopic (exact) mass is 237 g/mol. The van der Waals surface area contributed by atoms with Crippen LogP contribution in [0, 0.1) is 0 Å². The van der Waals surface area contributed by atoms with Gasteiger partial charge in [0, 0.05) is 19.2 Å². The molecule has 1 rings (SSSR count). The summed E-state index contributed by atoms with van der Waals surface area (Å²) in [5, 5.41) is 8.73. The maximum atomic E-state index is 11.8. The lowest BCUT2D eigenvalue weighted by molar-refractivity contribution is 0.0600. The van der Waals surface area contributed by atoms with Crippen molar-refractivity contribution in [2.45, 2.75) is 0 Å². The third-order valence-electron chi connectivity index (χ3n) is 2.34. The molecule has 0 unspecified atom stereocenters. The number of hydrogen-bond acceptors (Lipinski definition) is 4. The average Bonchev–Trinajstić information content (AvgIpc) is 2.37. The number of methoxy groups -OCH3 is 1. The van der Waals surface area contributed by atoms with Crippen molar-refractivity contribution in [3.05, 3.63) is 35.4 Å². The van der Waals surface area contributed by atoms with Gasteiger partial charge in [-0.05, 0) is 24.3 Å². The van der Waals surface area contributed by atoms with Gasteiger partial charge in [0.25, 0.3) is 5.91 Å². The zero-order valence-corrected chi connectivity index (χ0v) is 9.84. The summed E-state index contributed by atoms with van der Waals surface area (Å²) in [7, 11) is 2.91. The molecule has 17 heavy (non-hydrogen) atoms. The molecule has 1 aromatic rings. The van der Waals surface area contributed by atoms with Gasteiger partial charge in [-0.25, -0.2) is 4.79 Å². The van der Waals surface area contributed by atoms with Gasteiger partial charge in [-0.15, -0.1) is 0 Å². The van der Waals surface area contributed by atoms with Gasteiger partial charge < -0.3 is 14.7 Å². The topological polar surface area (TPSA) is 66.8 Å². The van der Waals surface area contributed by atoms with Crippen LogP contribution in [0.5, 0.6) is 0 Å². The van der Waals surface area contributed by atoms with Crippen molar-refractivity contribution in [1.82, 2.24) is 4.90 Å². The summed E-state index contributed by atoms with van der Waals surface area (Å²) in [6.45, 7) is 0.195. The van der Waals surface area contributed by atoms with Crippen LogP contribution in [-0.2, 0) is 4.74 Å². The number of carbonyl (C=O) groups is 2. The number of esters is 1. The molecule has 0 aliphatic carbocycles. The summed E-state index contributed by atoms with van der Waals surface area (Å²) in [6.07, 6.45) is 0. The minimum absolute atomic E-state index is 0.0809. The molecule has 0 bridgehead atoms. The number of likely N-dealkylation sites (N-methyl/N-ethyl adjacent to an activating group) is 1. The quantitative estimate of drug-likeness (QED) is 0.776. The summed E-state index contributed by atoms with van der Waals surface area (Å²) < 4.78 is 4.56. The minimum atomic E-state index is -0.437. The van der Waals surface area contributed by atoms with Gasteiger partial charge in [0.15, 0.2) is 0 Å². The van der Waals surface area contributed by atoms with E-state index in [0.29, 0.717) is 11.1 Å². The number of nitrogens with zero attached hydrogens (tertiary/aromatic N) is 1. The highest BCUT2D eigenvalue weighted by molar-refractivity contribution is 5.96. The lowest BCUT2D eigenvalue weighted by Gasteiger charge is -2.15. The number of carbonyl (C=O) groups excluding carboxylic acids is 2. The van der Waals surface area contributed by atoms with Crippen molar-refractivity contribution in [2.75, 3.05) is 27.3 Å². The van der Waals surface area contributed by atoms with Gasteiger partial charge >= 0.3 is 5.97 Å². The van der Waals surface area contributed by atoms with E-state index in [1.807, 2.05) is 0 Å². The number of rotatable bonds is 4. The van der Waals surface area contributed by atoms with Crippen molar-refractivity contribution in [1.29, 1.82) is 0 Å². The molecule has 0 aromatic heterocycles. The van der Waals surface area contributed by atoms with Crippen LogP contribution in [-0.4, -0.2) is 49.2 Å². The van der Waals surface area contributed by atoms with E-state index in [1.165, 1.54) is 24.1 Å². The van der Waals surface area contributed by atoms with E-state index in [4.69, 9.17) is 5.11 Å². The van der Waals surface area contributed by atoms with Crippen LogP contribution < -0.4 is 0 Å². The summed E-state index contributed by atoms with van der Waals surface area (Å²) in [5.41, 5.74) is 0.863. The Balaban J connectivity index is 2.80. The standard InChI is InChI=1S/C12H15NO4/c1-13(7-8-14)11(15)9-3-5-10(6-4-9)12(16)17-2/h3-6,14H,7-8H2,1-2H3. The lowest BCUT2D eigenvalue weighted by Crippen LogP contribution is -2.29. The second-order valence-corrected chi connectivity index (χ2v) is 3.52. The van der Waals surface area contributed by atoms with E-state index in [9.17, 15) is 9.59 Å². The molecule has 0 fully saturated rings. The van der Waals surface area contributed by atoms with Crippen molar-refractivity contribution in [3.63, 3.8) is 0 Å². The lowest BCUT2D eigenvalue weighted by atomic mass is 10.1. The highest BCUT2D eigenvalue weighted by atomic mass is 16.5. The number of amides is 1. The molecule has 5 heteroatoms. The van der Waals surface area contributed by atoms with Crippen molar-refractivity contribution in [3.8, 4) is 0 Å². The minimum Gasteiger partial charge on any atom is -0.465 e. The molecule has 1 aromatic carbocycles. The predicted octanol–water partition coefficient (Wildman–Crippen LogP) is 0.537. The van der Waals surface area contributed by atoms with Gasteiger partial charge in [0.2, 0.25) is 0 Å². The Bertz CT molecular complexity index is 399. The highest BCUT2D eigenvalue weighted by Gasteiger charge is 2.12. The molecule has 0 saturated carbocycles. The molecular weight excluding hydrogens is 222 g/mol. The predicted molar refractivity (Wildman–Crippen MR) is 61.8 cm³/mol. The van der Waals surface area contributed by atoms with Crippen molar-refractivity contribution in [2.24, 2.45) is 0 Å². The molecule has 0 saturated heterocycles. The second-order valence-electron chi connectivity index (χ2n) is 3.52. The highest BCUT2D eigenvalue weighted by Crippen LogP contribution is 2.07. The maximum Gasteiger partial charge on any atom is 0.337 e. The molecule has 0 atom stereocenters. The van der Waals surface area contributed by atoms with Gasteiger partial charge in [-0.3, -0.25) is 4.79 Å². The Kier molecular flexibility index (Phi) is 4.66. The zero-order chi connectivity index (χ0) is 12.8. The smallest absolute Gasteiger partial charge is 0.337 e. The van der Waals surface area contributed by atoms with Crippen LogP contribution in [0.2, 0.25) is 0 Å². The second kappa shape index (κ2) is 6.00. The normalized spacial score (nSPS) is 9.82. The van der Waals surface area contributed by atoms with Crippen LogP contribution in [0.3, 0.4) is 0 Å². The molecule has 92 valence electrons. The van der Waals surface area contributed by atoms with Crippen LogP contribution in [0.15, 0.2) is 24.3 Å². The van der Waals surface area contributed by atoms with Gasteiger partial charge in [-0.1, -0.05) is 0 Å². The number of benzene rings is 1. The van der Waals surface area contributed by atoms with Crippen molar-refractivity contribution >= 4 is 11.9 Å². The summed E-state index contributed by atoms with van der Waals surface area (Å²) >= 11 is 0. The molecule has 0 heterocycles. The fraction of sp³-hybridized carbons (Fsp3) is 0.333. The third kappa shape index (κ3) is 3.29. The zero-order valence-electron chi connectivity index (χ0n) is 9.84. The van der Waals surface area contributed by atoms with E-state index in [-0.39, 0.29) is 19.1 Å². The largest absolute Gasteiger partial charge is 0.465 e.